The number of nitrogens with zero attached hydrogens (tertiary/aromatic N) is 3. The molecule has 1 atom stereocenters. The van der Waals surface area contributed by atoms with Gasteiger partial charge in [-0.25, -0.2) is 4.98 Å². The van der Waals surface area contributed by atoms with Crippen molar-refractivity contribution < 1.29 is 9.90 Å². The highest BCUT2D eigenvalue weighted by molar-refractivity contribution is 7.15. The molecule has 1 N–H and O–H groups in total. The van der Waals surface area contributed by atoms with Crippen molar-refractivity contribution in [3.63, 3.8) is 0 Å². The molecule has 0 bridgehead atoms. The summed E-state index contributed by atoms with van der Waals surface area (Å²) in [5.41, 5.74) is 2.74. The smallest absolute Gasteiger partial charge is 0.312 e. The molecule has 1 aliphatic rings. The molecule has 3 rings (SSSR count). The molecule has 21 heavy (non-hydrogen) atoms. The van der Waals surface area contributed by atoms with Crippen molar-refractivity contribution in [1.82, 2.24) is 9.97 Å². The third-order valence-corrected chi connectivity index (χ3v) is 4.92. The van der Waals surface area contributed by atoms with Crippen LogP contribution in [0.2, 0.25) is 0 Å². The van der Waals surface area contributed by atoms with Gasteiger partial charge in [-0.15, -0.1) is 11.3 Å². The third kappa shape index (κ3) is 2.76. The van der Waals surface area contributed by atoms with Crippen molar-refractivity contribution in [1.29, 1.82) is 0 Å². The molecule has 0 radical (unpaired) electrons. The summed E-state index contributed by atoms with van der Waals surface area (Å²) in [5, 5.41) is 10.1. The topological polar surface area (TPSA) is 66.3 Å². The fraction of sp³-hybridized carbons (Fsp3) is 0.400. The van der Waals surface area contributed by atoms with Crippen LogP contribution < -0.4 is 4.90 Å². The molecule has 0 saturated carbocycles. The minimum Gasteiger partial charge on any atom is -0.481 e. The molecular weight excluding hydrogens is 286 g/mol. The van der Waals surface area contributed by atoms with Gasteiger partial charge in [0.15, 0.2) is 5.13 Å². The van der Waals surface area contributed by atoms with Gasteiger partial charge in [-0.05, 0) is 31.9 Å². The van der Waals surface area contributed by atoms with Crippen molar-refractivity contribution >= 4 is 22.4 Å². The highest BCUT2D eigenvalue weighted by Gasteiger charge is 2.32. The normalized spacial score (nSPS) is 16.8. The maximum atomic E-state index is 11.2. The minimum atomic E-state index is -0.770. The van der Waals surface area contributed by atoms with Crippen LogP contribution in [-0.4, -0.2) is 28.1 Å². The molecule has 0 amide bonds. The Morgan fingerprint density at radius 2 is 2.29 bits per heavy atom. The van der Waals surface area contributed by atoms with E-state index in [9.17, 15) is 9.90 Å². The quantitative estimate of drug-likeness (QED) is 0.940. The standard InChI is InChI=1S/C15H17N3O2S/c1-9-4-3-5-10(16-9)8-18(2)15-17-13-11(14(19)20)6-7-12(13)21-15/h3-5,11H,6-8H2,1-2H3,(H,19,20). The van der Waals surface area contributed by atoms with E-state index in [1.165, 1.54) is 0 Å². The van der Waals surface area contributed by atoms with Crippen molar-refractivity contribution in [2.75, 3.05) is 11.9 Å². The van der Waals surface area contributed by atoms with Crippen molar-refractivity contribution in [2.24, 2.45) is 0 Å². The van der Waals surface area contributed by atoms with Gasteiger partial charge in [0.05, 0.1) is 17.9 Å². The number of aliphatic carboxylic acids is 1. The molecule has 5 nitrogen and oxygen atoms in total. The Labute approximate surface area is 127 Å². The Hall–Kier alpha value is -1.95. The van der Waals surface area contributed by atoms with Gasteiger partial charge in [0.1, 0.15) is 5.92 Å². The first-order chi connectivity index (χ1) is 10.0. The number of pyridine rings is 1. The number of carbonyl (C=O) groups is 1. The van der Waals surface area contributed by atoms with Crippen molar-refractivity contribution in [3.8, 4) is 0 Å². The van der Waals surface area contributed by atoms with Gasteiger partial charge in [0, 0.05) is 17.6 Å². The van der Waals surface area contributed by atoms with Gasteiger partial charge < -0.3 is 10.0 Å². The van der Waals surface area contributed by atoms with Crippen LogP contribution >= 0.6 is 11.3 Å². The van der Waals surface area contributed by atoms with E-state index in [0.29, 0.717) is 13.0 Å². The summed E-state index contributed by atoms with van der Waals surface area (Å²) in [6.45, 7) is 2.64. The molecular formula is C15H17N3O2S. The zero-order valence-corrected chi connectivity index (χ0v) is 12.9. The molecule has 110 valence electrons. The summed E-state index contributed by atoms with van der Waals surface area (Å²) in [5.74, 6) is -1.20. The van der Waals surface area contributed by atoms with Crippen LogP contribution in [0.5, 0.6) is 0 Å². The van der Waals surface area contributed by atoms with E-state index in [2.05, 4.69) is 9.97 Å². The Kier molecular flexibility index (Phi) is 3.63. The van der Waals surface area contributed by atoms with Gasteiger partial charge in [0.25, 0.3) is 0 Å². The molecule has 2 heterocycles. The van der Waals surface area contributed by atoms with E-state index in [4.69, 9.17) is 0 Å². The molecule has 0 spiro atoms. The van der Waals surface area contributed by atoms with Gasteiger partial charge in [-0.2, -0.15) is 0 Å². The second-order valence-corrected chi connectivity index (χ2v) is 6.42. The maximum Gasteiger partial charge on any atom is 0.312 e. The number of anilines is 1. The fourth-order valence-corrected chi connectivity index (χ4v) is 3.71. The molecule has 6 heteroatoms. The molecule has 1 unspecified atom stereocenters. The molecule has 0 aliphatic heterocycles. The third-order valence-electron chi connectivity index (χ3n) is 3.68. The number of thiazole rings is 1. The van der Waals surface area contributed by atoms with E-state index >= 15 is 0 Å². The Balaban J connectivity index is 1.79. The molecule has 0 fully saturated rings. The Morgan fingerprint density at radius 1 is 1.48 bits per heavy atom. The number of carboxylic acids is 1. The fourth-order valence-electron chi connectivity index (χ4n) is 2.62. The van der Waals surface area contributed by atoms with Crippen LogP contribution in [0.1, 0.15) is 34.3 Å². The van der Waals surface area contributed by atoms with Gasteiger partial charge >= 0.3 is 5.97 Å². The zero-order chi connectivity index (χ0) is 15.0. The maximum absolute atomic E-state index is 11.2. The first-order valence-corrected chi connectivity index (χ1v) is 7.72. The van der Waals surface area contributed by atoms with E-state index in [1.54, 1.807) is 11.3 Å². The predicted molar refractivity (Wildman–Crippen MR) is 81.9 cm³/mol. The number of hydrogen-bond donors (Lipinski definition) is 1. The van der Waals surface area contributed by atoms with Crippen LogP contribution in [0.3, 0.4) is 0 Å². The first kappa shape index (κ1) is 14.0. The van der Waals surface area contributed by atoms with Crippen molar-refractivity contribution in [3.05, 3.63) is 40.2 Å². The highest BCUT2D eigenvalue weighted by atomic mass is 32.1. The summed E-state index contributed by atoms with van der Waals surface area (Å²) in [4.78, 5) is 23.4. The van der Waals surface area contributed by atoms with Crippen LogP contribution in [0.4, 0.5) is 5.13 Å². The highest BCUT2D eigenvalue weighted by Crippen LogP contribution is 2.39. The van der Waals surface area contributed by atoms with Crippen LogP contribution in [0, 0.1) is 6.92 Å². The lowest BCUT2D eigenvalue weighted by Crippen LogP contribution is -2.17. The van der Waals surface area contributed by atoms with Crippen molar-refractivity contribution in [2.45, 2.75) is 32.2 Å². The number of fused-ring (bicyclic) bond motifs is 1. The minimum absolute atomic E-state index is 0.435. The Bertz CT molecular complexity index is 683. The van der Waals surface area contributed by atoms with Crippen LogP contribution in [-0.2, 0) is 17.8 Å². The van der Waals surface area contributed by atoms with Crippen LogP contribution in [0.25, 0.3) is 0 Å². The SMILES string of the molecule is Cc1cccc(CN(C)c2nc3c(s2)CCC3C(=O)O)n1. The second-order valence-electron chi connectivity index (χ2n) is 5.36. The molecule has 0 saturated heterocycles. The molecule has 1 aliphatic carbocycles. The summed E-state index contributed by atoms with van der Waals surface area (Å²) in [6, 6.07) is 5.96. The zero-order valence-electron chi connectivity index (χ0n) is 12.0. The molecule has 2 aromatic rings. The van der Waals surface area contributed by atoms with E-state index < -0.39 is 11.9 Å². The predicted octanol–water partition coefficient (Wildman–Crippen LogP) is 2.60. The van der Waals surface area contributed by atoms with Gasteiger partial charge in [-0.1, -0.05) is 6.07 Å². The summed E-state index contributed by atoms with van der Waals surface area (Å²) >= 11 is 1.60. The lowest BCUT2D eigenvalue weighted by molar-refractivity contribution is -0.138. The van der Waals surface area contributed by atoms with E-state index in [0.717, 1.165) is 33.5 Å². The number of carboxylic acid groups (broad SMARTS) is 1. The van der Waals surface area contributed by atoms with Gasteiger partial charge in [0.2, 0.25) is 0 Å². The number of hydrogen-bond acceptors (Lipinski definition) is 5. The van der Waals surface area contributed by atoms with E-state index in [-0.39, 0.29) is 0 Å². The average molecular weight is 303 g/mol. The first-order valence-electron chi connectivity index (χ1n) is 6.90. The summed E-state index contributed by atoms with van der Waals surface area (Å²) in [6.07, 6.45) is 1.49. The number of rotatable bonds is 4. The second kappa shape index (κ2) is 5.44. The number of aryl methyl sites for hydroxylation is 2. The Morgan fingerprint density at radius 3 is 3.00 bits per heavy atom. The lowest BCUT2D eigenvalue weighted by Gasteiger charge is -2.15. The molecule has 2 aromatic heterocycles. The largest absolute Gasteiger partial charge is 0.481 e. The average Bonchev–Trinajstić information content (AvgIpc) is 2.97. The summed E-state index contributed by atoms with van der Waals surface area (Å²) < 4.78 is 0. The van der Waals surface area contributed by atoms with Crippen LogP contribution in [0.15, 0.2) is 18.2 Å². The van der Waals surface area contributed by atoms with E-state index in [1.807, 2.05) is 37.1 Å². The molecule has 0 aromatic carbocycles. The number of aromatic nitrogens is 2. The summed E-state index contributed by atoms with van der Waals surface area (Å²) in [7, 11) is 1.97. The monoisotopic (exact) mass is 303 g/mol. The lowest BCUT2D eigenvalue weighted by atomic mass is 10.1. The van der Waals surface area contributed by atoms with Gasteiger partial charge in [-0.3, -0.25) is 9.78 Å².